The van der Waals surface area contributed by atoms with E-state index in [9.17, 15) is 14.7 Å². The Kier molecular flexibility index (Phi) is 5.28. The van der Waals surface area contributed by atoms with Gasteiger partial charge in [0, 0.05) is 24.4 Å². The molecule has 1 aromatic carbocycles. The highest BCUT2D eigenvalue weighted by atomic mass is 16.5. The molecule has 1 amide bonds. The lowest BCUT2D eigenvalue weighted by molar-refractivity contribution is -0.143. The molecule has 1 aliphatic heterocycles. The van der Waals surface area contributed by atoms with Crippen LogP contribution in [0.5, 0.6) is 5.88 Å². The third-order valence-corrected chi connectivity index (χ3v) is 4.26. The Morgan fingerprint density at radius 3 is 2.76 bits per heavy atom. The number of piperidine rings is 1. The second-order valence-electron chi connectivity index (χ2n) is 6.01. The highest BCUT2D eigenvalue weighted by Gasteiger charge is 2.32. The van der Waals surface area contributed by atoms with Crippen LogP contribution in [-0.2, 0) is 11.4 Å². The molecule has 0 unspecified atom stereocenters. The molecule has 25 heavy (non-hydrogen) atoms. The summed E-state index contributed by atoms with van der Waals surface area (Å²) in [5, 5.41) is 9.34. The van der Waals surface area contributed by atoms with Crippen molar-refractivity contribution in [1.29, 1.82) is 0 Å². The molecule has 130 valence electrons. The average molecular weight is 340 g/mol. The van der Waals surface area contributed by atoms with Gasteiger partial charge in [-0.25, -0.2) is 9.78 Å². The SMILES string of the molecule is O=C(O)[C@H]1CCCCN1C(=O)c1ccnc(OCc2ccccc2)c1. The zero-order valence-corrected chi connectivity index (χ0v) is 13.8. The number of ether oxygens (including phenoxy) is 1. The van der Waals surface area contributed by atoms with Gasteiger partial charge in [0.25, 0.3) is 5.91 Å². The molecule has 0 bridgehead atoms. The number of aromatic nitrogens is 1. The van der Waals surface area contributed by atoms with E-state index >= 15 is 0 Å². The van der Waals surface area contributed by atoms with Gasteiger partial charge in [-0.3, -0.25) is 4.79 Å². The van der Waals surface area contributed by atoms with Crippen molar-refractivity contribution in [3.05, 3.63) is 59.8 Å². The summed E-state index contributed by atoms with van der Waals surface area (Å²) in [4.78, 5) is 29.7. The molecule has 1 aromatic heterocycles. The van der Waals surface area contributed by atoms with E-state index in [2.05, 4.69) is 4.98 Å². The first kappa shape index (κ1) is 17.0. The number of carbonyl (C=O) groups is 2. The maximum atomic E-state index is 12.7. The van der Waals surface area contributed by atoms with Gasteiger partial charge in [0.2, 0.25) is 5.88 Å². The zero-order chi connectivity index (χ0) is 17.6. The third kappa shape index (κ3) is 4.15. The van der Waals surface area contributed by atoms with Gasteiger partial charge in [-0.15, -0.1) is 0 Å². The van der Waals surface area contributed by atoms with Crippen LogP contribution in [0.2, 0.25) is 0 Å². The maximum Gasteiger partial charge on any atom is 0.326 e. The number of amides is 1. The standard InChI is InChI=1S/C19H20N2O4/c22-18(21-11-5-4-8-16(21)19(23)24)15-9-10-20-17(12-15)25-13-14-6-2-1-3-7-14/h1-3,6-7,9-10,12,16H,4-5,8,11,13H2,(H,23,24)/t16-/m1/s1. The number of likely N-dealkylation sites (tertiary alicyclic amines) is 1. The first-order chi connectivity index (χ1) is 12.1. The van der Waals surface area contributed by atoms with Crippen LogP contribution < -0.4 is 4.74 Å². The number of carboxylic acid groups (broad SMARTS) is 1. The van der Waals surface area contributed by atoms with Crippen LogP contribution in [-0.4, -0.2) is 39.5 Å². The Hall–Kier alpha value is -2.89. The quantitative estimate of drug-likeness (QED) is 0.905. The maximum absolute atomic E-state index is 12.7. The highest BCUT2D eigenvalue weighted by Crippen LogP contribution is 2.21. The van der Waals surface area contributed by atoms with E-state index in [1.54, 1.807) is 12.1 Å². The first-order valence-corrected chi connectivity index (χ1v) is 8.32. The number of carboxylic acids is 1. The lowest BCUT2D eigenvalue weighted by Crippen LogP contribution is -2.48. The van der Waals surface area contributed by atoms with Crippen LogP contribution in [0.3, 0.4) is 0 Å². The average Bonchev–Trinajstić information content (AvgIpc) is 2.67. The van der Waals surface area contributed by atoms with E-state index in [1.807, 2.05) is 30.3 Å². The summed E-state index contributed by atoms with van der Waals surface area (Å²) in [6.07, 6.45) is 3.64. The van der Waals surface area contributed by atoms with E-state index in [-0.39, 0.29) is 5.91 Å². The van der Waals surface area contributed by atoms with Crippen molar-refractivity contribution in [2.45, 2.75) is 31.9 Å². The van der Waals surface area contributed by atoms with Crippen LogP contribution in [0.25, 0.3) is 0 Å². The molecule has 2 aromatic rings. The van der Waals surface area contributed by atoms with Gasteiger partial charge in [-0.1, -0.05) is 30.3 Å². The number of aliphatic carboxylic acids is 1. The predicted molar refractivity (Wildman–Crippen MR) is 91.3 cm³/mol. The van der Waals surface area contributed by atoms with Crippen molar-refractivity contribution in [3.8, 4) is 5.88 Å². The predicted octanol–water partition coefficient (Wildman–Crippen LogP) is 2.74. The van der Waals surface area contributed by atoms with Crippen molar-refractivity contribution < 1.29 is 19.4 Å². The van der Waals surface area contributed by atoms with Crippen LogP contribution in [0.1, 0.15) is 35.2 Å². The number of carbonyl (C=O) groups excluding carboxylic acids is 1. The van der Waals surface area contributed by atoms with Gasteiger partial charge in [0.1, 0.15) is 12.6 Å². The molecule has 3 rings (SSSR count). The second-order valence-corrected chi connectivity index (χ2v) is 6.01. The van der Waals surface area contributed by atoms with E-state index in [1.165, 1.54) is 11.1 Å². The molecule has 1 fully saturated rings. The number of hydrogen-bond donors (Lipinski definition) is 1. The summed E-state index contributed by atoms with van der Waals surface area (Å²) < 4.78 is 5.65. The summed E-state index contributed by atoms with van der Waals surface area (Å²) in [6, 6.07) is 12.1. The number of rotatable bonds is 5. The van der Waals surface area contributed by atoms with Crippen molar-refractivity contribution in [3.63, 3.8) is 0 Å². The van der Waals surface area contributed by atoms with E-state index < -0.39 is 12.0 Å². The Labute approximate surface area is 146 Å². The van der Waals surface area contributed by atoms with Gasteiger partial charge in [0.15, 0.2) is 0 Å². The fourth-order valence-corrected chi connectivity index (χ4v) is 2.95. The lowest BCUT2D eigenvalue weighted by Gasteiger charge is -2.33. The lowest BCUT2D eigenvalue weighted by atomic mass is 10.0. The third-order valence-electron chi connectivity index (χ3n) is 4.26. The van der Waals surface area contributed by atoms with Crippen molar-refractivity contribution >= 4 is 11.9 Å². The molecule has 0 spiro atoms. The van der Waals surface area contributed by atoms with Crippen molar-refractivity contribution in [2.75, 3.05) is 6.54 Å². The van der Waals surface area contributed by atoms with E-state index in [0.29, 0.717) is 31.0 Å². The minimum atomic E-state index is -0.956. The second kappa shape index (κ2) is 7.79. The Morgan fingerprint density at radius 1 is 1.20 bits per heavy atom. The van der Waals surface area contributed by atoms with Crippen molar-refractivity contribution in [1.82, 2.24) is 9.88 Å². The number of nitrogens with zero attached hydrogens (tertiary/aromatic N) is 2. The molecular formula is C19H20N2O4. The van der Waals surface area contributed by atoms with Crippen molar-refractivity contribution in [2.24, 2.45) is 0 Å². The molecule has 1 saturated heterocycles. The first-order valence-electron chi connectivity index (χ1n) is 8.32. The van der Waals surface area contributed by atoms with E-state index in [4.69, 9.17) is 4.74 Å². The monoisotopic (exact) mass is 340 g/mol. The minimum Gasteiger partial charge on any atom is -0.480 e. The molecule has 0 radical (unpaired) electrons. The van der Waals surface area contributed by atoms with Crippen LogP contribution in [0.4, 0.5) is 0 Å². The van der Waals surface area contributed by atoms with Crippen LogP contribution in [0.15, 0.2) is 48.7 Å². The zero-order valence-electron chi connectivity index (χ0n) is 13.8. The Balaban J connectivity index is 1.71. The van der Waals surface area contributed by atoms with Crippen LogP contribution in [0, 0.1) is 0 Å². The van der Waals surface area contributed by atoms with Crippen LogP contribution >= 0.6 is 0 Å². The van der Waals surface area contributed by atoms with E-state index in [0.717, 1.165) is 18.4 Å². The molecule has 0 aliphatic carbocycles. The molecule has 1 N–H and O–H groups in total. The number of benzene rings is 1. The largest absolute Gasteiger partial charge is 0.480 e. The topological polar surface area (TPSA) is 79.7 Å². The normalized spacial score (nSPS) is 17.1. The molecule has 0 saturated carbocycles. The number of hydrogen-bond acceptors (Lipinski definition) is 4. The molecule has 6 nitrogen and oxygen atoms in total. The summed E-state index contributed by atoms with van der Waals surface area (Å²) in [6.45, 7) is 0.811. The van der Waals surface area contributed by atoms with Gasteiger partial charge >= 0.3 is 5.97 Å². The fraction of sp³-hybridized carbons (Fsp3) is 0.316. The van der Waals surface area contributed by atoms with Gasteiger partial charge < -0.3 is 14.7 Å². The summed E-state index contributed by atoms with van der Waals surface area (Å²) >= 11 is 0. The molecule has 6 heteroatoms. The van der Waals surface area contributed by atoms with Gasteiger partial charge in [-0.05, 0) is 30.9 Å². The fourth-order valence-electron chi connectivity index (χ4n) is 2.95. The Morgan fingerprint density at radius 2 is 2.00 bits per heavy atom. The number of pyridine rings is 1. The molecule has 2 heterocycles. The van der Waals surface area contributed by atoms with Gasteiger partial charge in [-0.2, -0.15) is 0 Å². The summed E-state index contributed by atoms with van der Waals surface area (Å²) in [5.41, 5.74) is 1.40. The summed E-state index contributed by atoms with van der Waals surface area (Å²) in [7, 11) is 0. The minimum absolute atomic E-state index is 0.293. The molecule has 1 atom stereocenters. The summed E-state index contributed by atoms with van der Waals surface area (Å²) in [5.74, 6) is -0.902. The highest BCUT2D eigenvalue weighted by molar-refractivity contribution is 5.96. The molecule has 1 aliphatic rings. The smallest absolute Gasteiger partial charge is 0.326 e. The molecular weight excluding hydrogens is 320 g/mol. The Bertz CT molecular complexity index is 748. The van der Waals surface area contributed by atoms with Gasteiger partial charge in [0.05, 0.1) is 0 Å².